The Bertz CT molecular complexity index is 1150. The Kier molecular flexibility index (Phi) is 6.42. The van der Waals surface area contributed by atoms with E-state index in [4.69, 9.17) is 21.1 Å². The van der Waals surface area contributed by atoms with Gasteiger partial charge in [0.25, 0.3) is 0 Å². The number of hydrogen-bond donors (Lipinski definition) is 1. The summed E-state index contributed by atoms with van der Waals surface area (Å²) in [6.45, 7) is 3.29. The van der Waals surface area contributed by atoms with Crippen molar-refractivity contribution in [3.8, 4) is 11.4 Å². The molecular weight excluding hydrogens is 410 g/mol. The third-order valence-electron chi connectivity index (χ3n) is 4.47. The molecule has 0 amide bonds. The minimum absolute atomic E-state index is 0.00756. The zero-order valence-electron chi connectivity index (χ0n) is 16.4. The molecule has 0 unspecified atom stereocenters. The van der Waals surface area contributed by atoms with Crippen LogP contribution in [0.25, 0.3) is 16.6 Å². The number of halogens is 1. The lowest BCUT2D eigenvalue weighted by Crippen LogP contribution is -2.30. The van der Waals surface area contributed by atoms with Gasteiger partial charge in [-0.1, -0.05) is 23.7 Å². The topological polar surface area (TPSA) is 94.8 Å². The SMILES string of the molecule is CCOC(=O)C(C(=O)OCC)c1cc(=O)c2ccccc2n1-c1cc(Cl)ccc1O. The van der Waals surface area contributed by atoms with Gasteiger partial charge in [0, 0.05) is 16.5 Å². The number of esters is 2. The van der Waals surface area contributed by atoms with Crippen LogP contribution >= 0.6 is 11.6 Å². The van der Waals surface area contributed by atoms with Gasteiger partial charge in [0.1, 0.15) is 5.75 Å². The Morgan fingerprint density at radius 1 is 1.03 bits per heavy atom. The second-order valence-corrected chi connectivity index (χ2v) is 6.79. The highest BCUT2D eigenvalue weighted by molar-refractivity contribution is 6.30. The predicted molar refractivity (Wildman–Crippen MR) is 112 cm³/mol. The van der Waals surface area contributed by atoms with Gasteiger partial charge < -0.3 is 19.1 Å². The lowest BCUT2D eigenvalue weighted by atomic mass is 10.0. The Labute approximate surface area is 177 Å². The van der Waals surface area contributed by atoms with E-state index in [1.807, 2.05) is 0 Å². The van der Waals surface area contributed by atoms with E-state index in [0.717, 1.165) is 0 Å². The first-order chi connectivity index (χ1) is 14.4. The van der Waals surface area contributed by atoms with E-state index in [-0.39, 0.29) is 30.3 Å². The van der Waals surface area contributed by atoms with Crippen molar-refractivity contribution in [1.29, 1.82) is 0 Å². The molecule has 1 N–H and O–H groups in total. The first-order valence-electron chi connectivity index (χ1n) is 9.35. The summed E-state index contributed by atoms with van der Waals surface area (Å²) in [7, 11) is 0. The van der Waals surface area contributed by atoms with Crippen LogP contribution in [0.2, 0.25) is 5.02 Å². The number of phenols is 1. The molecule has 0 atom stereocenters. The highest BCUT2D eigenvalue weighted by Crippen LogP contribution is 2.32. The molecule has 8 heteroatoms. The Morgan fingerprint density at radius 2 is 1.67 bits per heavy atom. The average Bonchev–Trinajstić information content (AvgIpc) is 2.71. The number of rotatable bonds is 6. The molecule has 0 aliphatic heterocycles. The van der Waals surface area contributed by atoms with Crippen molar-refractivity contribution >= 4 is 34.4 Å². The number of fused-ring (bicyclic) bond motifs is 1. The number of phenolic OH excluding ortho intramolecular Hbond substituents is 1. The van der Waals surface area contributed by atoms with Gasteiger partial charge in [-0.05, 0) is 44.2 Å². The van der Waals surface area contributed by atoms with Crippen LogP contribution in [0.3, 0.4) is 0 Å². The number of benzene rings is 2. The van der Waals surface area contributed by atoms with Crippen LogP contribution in [-0.4, -0.2) is 34.8 Å². The van der Waals surface area contributed by atoms with E-state index in [1.54, 1.807) is 38.1 Å². The number of hydrogen-bond acceptors (Lipinski definition) is 6. The van der Waals surface area contributed by atoms with Crippen molar-refractivity contribution in [1.82, 2.24) is 4.57 Å². The maximum absolute atomic E-state index is 12.8. The molecule has 0 saturated heterocycles. The molecule has 0 fully saturated rings. The van der Waals surface area contributed by atoms with Crippen LogP contribution in [0.15, 0.2) is 53.3 Å². The fourth-order valence-electron chi connectivity index (χ4n) is 3.24. The molecular formula is C22H20ClNO6. The van der Waals surface area contributed by atoms with Gasteiger partial charge in [-0.15, -0.1) is 0 Å². The quantitative estimate of drug-likeness (QED) is 0.475. The smallest absolute Gasteiger partial charge is 0.326 e. The van der Waals surface area contributed by atoms with Crippen LogP contribution < -0.4 is 5.43 Å². The van der Waals surface area contributed by atoms with Crippen LogP contribution in [0.1, 0.15) is 25.5 Å². The monoisotopic (exact) mass is 429 g/mol. The van der Waals surface area contributed by atoms with Gasteiger partial charge in [0.05, 0.1) is 30.1 Å². The average molecular weight is 430 g/mol. The zero-order valence-corrected chi connectivity index (χ0v) is 17.2. The largest absolute Gasteiger partial charge is 0.506 e. The second kappa shape index (κ2) is 9.00. The first-order valence-corrected chi connectivity index (χ1v) is 9.73. The highest BCUT2D eigenvalue weighted by atomic mass is 35.5. The molecule has 3 aromatic rings. The minimum atomic E-state index is -1.53. The van der Waals surface area contributed by atoms with E-state index in [1.165, 1.54) is 28.8 Å². The lowest BCUT2D eigenvalue weighted by Gasteiger charge is -2.22. The Hall–Kier alpha value is -3.32. The molecule has 0 aliphatic carbocycles. The standard InChI is InChI=1S/C22H20ClNO6/c1-3-29-21(27)20(22(28)30-4-2)17-12-19(26)14-7-5-6-8-15(14)24(17)16-11-13(23)9-10-18(16)25/h5-12,20,25H,3-4H2,1-2H3. The number of para-hydroxylation sites is 1. The summed E-state index contributed by atoms with van der Waals surface area (Å²) in [6, 6.07) is 12.2. The number of nitrogens with zero attached hydrogens (tertiary/aromatic N) is 1. The molecule has 7 nitrogen and oxygen atoms in total. The van der Waals surface area contributed by atoms with Crippen LogP contribution in [0.5, 0.6) is 5.75 Å². The summed E-state index contributed by atoms with van der Waals surface area (Å²) in [5, 5.41) is 11.2. The van der Waals surface area contributed by atoms with Gasteiger partial charge in [-0.2, -0.15) is 0 Å². The molecule has 0 radical (unpaired) electrons. The predicted octanol–water partition coefficient (Wildman–Crippen LogP) is 3.56. The molecule has 1 aromatic heterocycles. The van der Waals surface area contributed by atoms with E-state index in [9.17, 15) is 19.5 Å². The number of carbonyl (C=O) groups excluding carboxylic acids is 2. The molecule has 0 aliphatic rings. The van der Waals surface area contributed by atoms with Crippen molar-refractivity contribution < 1.29 is 24.2 Å². The number of ether oxygens (including phenoxy) is 2. The molecule has 0 spiro atoms. The third-order valence-corrected chi connectivity index (χ3v) is 4.70. The molecule has 0 saturated carbocycles. The lowest BCUT2D eigenvalue weighted by molar-refractivity contribution is -0.157. The molecule has 2 aromatic carbocycles. The summed E-state index contributed by atoms with van der Waals surface area (Å²) in [5.74, 6) is -3.40. The van der Waals surface area contributed by atoms with E-state index in [0.29, 0.717) is 15.9 Å². The maximum Gasteiger partial charge on any atom is 0.326 e. The van der Waals surface area contributed by atoms with Gasteiger partial charge >= 0.3 is 11.9 Å². The van der Waals surface area contributed by atoms with Crippen molar-refractivity contribution in [2.45, 2.75) is 19.8 Å². The minimum Gasteiger partial charge on any atom is -0.506 e. The Morgan fingerprint density at radius 3 is 2.30 bits per heavy atom. The summed E-state index contributed by atoms with van der Waals surface area (Å²) >= 11 is 6.14. The molecule has 30 heavy (non-hydrogen) atoms. The summed E-state index contributed by atoms with van der Waals surface area (Å²) in [6.07, 6.45) is 0. The molecule has 3 rings (SSSR count). The number of carbonyl (C=O) groups is 2. The van der Waals surface area contributed by atoms with Crippen molar-refractivity contribution in [3.05, 3.63) is 69.5 Å². The summed E-state index contributed by atoms with van der Waals surface area (Å²) in [4.78, 5) is 38.2. The van der Waals surface area contributed by atoms with E-state index in [2.05, 4.69) is 0 Å². The molecule has 0 bridgehead atoms. The number of aromatic hydroxyl groups is 1. The first kappa shape index (κ1) is 21.4. The third kappa shape index (κ3) is 4.02. The van der Waals surface area contributed by atoms with Gasteiger partial charge in [-0.3, -0.25) is 14.4 Å². The van der Waals surface area contributed by atoms with E-state index >= 15 is 0 Å². The summed E-state index contributed by atoms with van der Waals surface area (Å²) < 4.78 is 11.6. The van der Waals surface area contributed by atoms with Crippen molar-refractivity contribution in [2.24, 2.45) is 0 Å². The fourth-order valence-corrected chi connectivity index (χ4v) is 3.40. The number of pyridine rings is 1. The molecule has 156 valence electrons. The van der Waals surface area contributed by atoms with Crippen molar-refractivity contribution in [2.75, 3.05) is 13.2 Å². The van der Waals surface area contributed by atoms with Crippen LogP contribution in [0, 0.1) is 0 Å². The van der Waals surface area contributed by atoms with Crippen LogP contribution in [-0.2, 0) is 19.1 Å². The Balaban J connectivity index is 2.43. The van der Waals surface area contributed by atoms with Gasteiger partial charge in [0.15, 0.2) is 11.3 Å². The normalized spacial score (nSPS) is 10.9. The van der Waals surface area contributed by atoms with Gasteiger partial charge in [-0.25, -0.2) is 0 Å². The molecule has 1 heterocycles. The maximum atomic E-state index is 12.8. The van der Waals surface area contributed by atoms with Crippen LogP contribution in [0.4, 0.5) is 0 Å². The summed E-state index contributed by atoms with van der Waals surface area (Å²) in [5.41, 5.74) is 0.202. The second-order valence-electron chi connectivity index (χ2n) is 6.36. The van der Waals surface area contributed by atoms with Crippen molar-refractivity contribution in [3.63, 3.8) is 0 Å². The van der Waals surface area contributed by atoms with Gasteiger partial charge in [0.2, 0.25) is 0 Å². The fraction of sp³-hybridized carbons (Fsp3) is 0.227. The highest BCUT2D eigenvalue weighted by Gasteiger charge is 2.35. The number of aromatic nitrogens is 1. The van der Waals surface area contributed by atoms with E-state index < -0.39 is 23.3 Å². The zero-order chi connectivity index (χ0) is 21.8.